The van der Waals surface area contributed by atoms with Gasteiger partial charge in [0.05, 0.1) is 0 Å². The summed E-state index contributed by atoms with van der Waals surface area (Å²) >= 11 is 0. The third kappa shape index (κ3) is 7.21. The van der Waals surface area contributed by atoms with Crippen LogP contribution in [-0.2, 0) is 19.8 Å². The Morgan fingerprint density at radius 1 is 0.686 bits per heavy atom. The lowest BCUT2D eigenvalue weighted by Gasteiger charge is -2.22. The van der Waals surface area contributed by atoms with Gasteiger partial charge in [0.15, 0.2) is 11.5 Å². The molecule has 3 aromatic rings. The zero-order valence-electron chi connectivity index (χ0n) is 19.5. The largest absolute Gasteiger partial charge is 0.485 e. The second-order valence-corrected chi connectivity index (χ2v) is 8.96. The highest BCUT2D eigenvalue weighted by Crippen LogP contribution is 2.31. The minimum absolute atomic E-state index is 0.132. The molecule has 0 atom stereocenters. The highest BCUT2D eigenvalue weighted by Gasteiger charge is 2.14. The predicted molar refractivity (Wildman–Crippen MR) is 126 cm³/mol. The minimum atomic E-state index is -0.704. The molecule has 35 heavy (non-hydrogen) atoms. The molecule has 0 aliphatic heterocycles. The Bertz CT molecular complexity index is 1130. The van der Waals surface area contributed by atoms with E-state index < -0.39 is 23.3 Å². The van der Waals surface area contributed by atoms with Gasteiger partial charge in [0.25, 0.3) is 0 Å². The summed E-state index contributed by atoms with van der Waals surface area (Å²) < 4.78 is 66.2. The molecule has 186 valence electrons. The molecule has 0 amide bonds. The van der Waals surface area contributed by atoms with Crippen molar-refractivity contribution in [3.8, 4) is 11.5 Å². The van der Waals surface area contributed by atoms with Gasteiger partial charge in [-0.25, -0.2) is 17.6 Å². The van der Waals surface area contributed by atoms with Crippen molar-refractivity contribution < 1.29 is 27.0 Å². The SMILES string of the molecule is Fc1ccc(COc2ccc(CNCC3CCCCC3)cc2OCc2ccc(F)cc2F)c(F)c1. The lowest BCUT2D eigenvalue weighted by atomic mass is 9.89. The Balaban J connectivity index is 1.45. The van der Waals surface area contributed by atoms with Gasteiger partial charge in [-0.15, -0.1) is 0 Å². The Hall–Kier alpha value is -3.06. The summed E-state index contributed by atoms with van der Waals surface area (Å²) in [7, 11) is 0. The number of ether oxygens (including phenoxy) is 2. The van der Waals surface area contributed by atoms with Gasteiger partial charge >= 0.3 is 0 Å². The van der Waals surface area contributed by atoms with Crippen LogP contribution in [0.3, 0.4) is 0 Å². The van der Waals surface area contributed by atoms with E-state index in [0.717, 1.165) is 30.3 Å². The lowest BCUT2D eigenvalue weighted by molar-refractivity contribution is 0.250. The predicted octanol–water partition coefficient (Wildman–Crippen LogP) is 7.07. The third-order valence-corrected chi connectivity index (χ3v) is 6.29. The van der Waals surface area contributed by atoms with Gasteiger partial charge < -0.3 is 14.8 Å². The van der Waals surface area contributed by atoms with Crippen LogP contribution in [0.5, 0.6) is 11.5 Å². The number of nitrogens with one attached hydrogen (secondary N) is 1. The Morgan fingerprint density at radius 3 is 1.89 bits per heavy atom. The summed E-state index contributed by atoms with van der Waals surface area (Å²) in [6, 6.07) is 12.0. The van der Waals surface area contributed by atoms with Gasteiger partial charge in [0.2, 0.25) is 0 Å². The topological polar surface area (TPSA) is 30.5 Å². The quantitative estimate of drug-likeness (QED) is 0.310. The van der Waals surface area contributed by atoms with Crippen LogP contribution in [0.25, 0.3) is 0 Å². The second kappa shape index (κ2) is 12.1. The van der Waals surface area contributed by atoms with Gasteiger partial charge in [-0.05, 0) is 67.3 Å². The highest BCUT2D eigenvalue weighted by molar-refractivity contribution is 5.43. The number of halogens is 4. The summed E-state index contributed by atoms with van der Waals surface area (Å²) in [5, 5.41) is 3.49. The van der Waals surface area contributed by atoms with Gasteiger partial charge in [-0.2, -0.15) is 0 Å². The van der Waals surface area contributed by atoms with Crippen LogP contribution in [0.15, 0.2) is 54.6 Å². The normalized spacial score (nSPS) is 14.2. The molecule has 4 rings (SSSR count). The van der Waals surface area contributed by atoms with Crippen LogP contribution in [0.1, 0.15) is 48.8 Å². The van der Waals surface area contributed by atoms with Gasteiger partial charge in [0.1, 0.15) is 36.5 Å². The van der Waals surface area contributed by atoms with Crippen LogP contribution in [0.2, 0.25) is 0 Å². The summed E-state index contributed by atoms with van der Waals surface area (Å²) in [6.45, 7) is 1.31. The maximum absolute atomic E-state index is 14.1. The highest BCUT2D eigenvalue weighted by atomic mass is 19.1. The fraction of sp³-hybridized carbons (Fsp3) is 0.357. The van der Waals surface area contributed by atoms with Crippen LogP contribution < -0.4 is 14.8 Å². The van der Waals surface area contributed by atoms with Crippen molar-refractivity contribution in [1.82, 2.24) is 5.32 Å². The van der Waals surface area contributed by atoms with Crippen molar-refractivity contribution >= 4 is 0 Å². The number of rotatable bonds is 10. The van der Waals surface area contributed by atoms with E-state index in [-0.39, 0.29) is 24.3 Å². The van der Waals surface area contributed by atoms with Crippen LogP contribution in [0, 0.1) is 29.2 Å². The van der Waals surface area contributed by atoms with Crippen LogP contribution >= 0.6 is 0 Å². The first kappa shape index (κ1) is 25.0. The molecule has 0 bridgehead atoms. The van der Waals surface area contributed by atoms with Gasteiger partial charge in [0, 0.05) is 29.8 Å². The van der Waals surface area contributed by atoms with E-state index in [1.165, 1.54) is 50.3 Å². The Labute approximate surface area is 203 Å². The molecule has 7 heteroatoms. The van der Waals surface area contributed by atoms with E-state index in [9.17, 15) is 17.6 Å². The first-order valence-electron chi connectivity index (χ1n) is 11.9. The van der Waals surface area contributed by atoms with E-state index in [0.29, 0.717) is 24.0 Å². The maximum atomic E-state index is 14.1. The zero-order valence-corrected chi connectivity index (χ0v) is 19.5. The van der Waals surface area contributed by atoms with E-state index in [1.54, 1.807) is 12.1 Å². The first-order chi connectivity index (χ1) is 17.0. The molecular weight excluding hydrogens is 458 g/mol. The first-order valence-corrected chi connectivity index (χ1v) is 11.9. The van der Waals surface area contributed by atoms with E-state index in [2.05, 4.69) is 5.32 Å². The molecule has 1 aliphatic rings. The number of benzene rings is 3. The summed E-state index contributed by atoms with van der Waals surface area (Å²) in [5.74, 6) is -1.35. The molecule has 0 heterocycles. The number of hydrogen-bond donors (Lipinski definition) is 1. The standard InChI is InChI=1S/C28H29F4NO2/c29-23-9-7-21(25(31)13-23)17-34-27-11-6-20(16-33-15-19-4-2-1-3-5-19)12-28(27)35-18-22-8-10-24(30)14-26(22)32/h6-14,19,33H,1-5,15-18H2. The van der Waals surface area contributed by atoms with E-state index in [1.807, 2.05) is 6.07 Å². The fourth-order valence-corrected chi connectivity index (χ4v) is 4.29. The van der Waals surface area contributed by atoms with E-state index in [4.69, 9.17) is 9.47 Å². The van der Waals surface area contributed by atoms with Crippen molar-refractivity contribution in [2.45, 2.75) is 51.9 Å². The van der Waals surface area contributed by atoms with Crippen molar-refractivity contribution in [1.29, 1.82) is 0 Å². The molecule has 0 spiro atoms. The van der Waals surface area contributed by atoms with Crippen molar-refractivity contribution in [2.24, 2.45) is 5.92 Å². The minimum Gasteiger partial charge on any atom is -0.485 e. The van der Waals surface area contributed by atoms with E-state index >= 15 is 0 Å². The van der Waals surface area contributed by atoms with Gasteiger partial charge in [-0.3, -0.25) is 0 Å². The van der Waals surface area contributed by atoms with Crippen LogP contribution in [0.4, 0.5) is 17.6 Å². The average molecular weight is 488 g/mol. The number of hydrogen-bond acceptors (Lipinski definition) is 3. The molecule has 1 N–H and O–H groups in total. The summed E-state index contributed by atoms with van der Waals surface area (Å²) in [6.07, 6.45) is 6.37. The summed E-state index contributed by atoms with van der Waals surface area (Å²) in [5.41, 5.74) is 1.35. The molecule has 0 saturated heterocycles. The second-order valence-electron chi connectivity index (χ2n) is 8.96. The molecule has 1 fully saturated rings. The molecule has 1 aliphatic carbocycles. The molecular formula is C28H29F4NO2. The van der Waals surface area contributed by atoms with Crippen LogP contribution in [-0.4, -0.2) is 6.54 Å². The Morgan fingerprint density at radius 2 is 1.29 bits per heavy atom. The molecule has 0 unspecified atom stereocenters. The van der Waals surface area contributed by atoms with Crippen molar-refractivity contribution in [3.63, 3.8) is 0 Å². The fourth-order valence-electron chi connectivity index (χ4n) is 4.29. The van der Waals surface area contributed by atoms with Crippen molar-refractivity contribution in [3.05, 3.63) is 94.6 Å². The zero-order chi connectivity index (χ0) is 24.6. The molecule has 1 saturated carbocycles. The Kier molecular flexibility index (Phi) is 8.64. The lowest BCUT2D eigenvalue weighted by Crippen LogP contribution is -2.24. The van der Waals surface area contributed by atoms with Crippen molar-refractivity contribution in [2.75, 3.05) is 6.54 Å². The molecule has 0 aromatic heterocycles. The average Bonchev–Trinajstić information content (AvgIpc) is 2.84. The maximum Gasteiger partial charge on any atom is 0.162 e. The van der Waals surface area contributed by atoms with Gasteiger partial charge in [-0.1, -0.05) is 25.3 Å². The monoisotopic (exact) mass is 487 g/mol. The summed E-state index contributed by atoms with van der Waals surface area (Å²) in [4.78, 5) is 0. The molecule has 0 radical (unpaired) electrons. The molecule has 3 aromatic carbocycles. The molecule has 3 nitrogen and oxygen atoms in total. The third-order valence-electron chi connectivity index (χ3n) is 6.29. The smallest absolute Gasteiger partial charge is 0.162 e.